The monoisotopic (exact) mass is 537 g/mol. The van der Waals surface area contributed by atoms with Crippen LogP contribution in [0.5, 0.6) is 11.5 Å². The van der Waals surface area contributed by atoms with E-state index >= 15 is 0 Å². The van der Waals surface area contributed by atoms with Gasteiger partial charge in [-0.05, 0) is 83.5 Å². The number of hydrogen-bond acceptors (Lipinski definition) is 5. The van der Waals surface area contributed by atoms with Crippen LogP contribution in [0.25, 0.3) is 6.08 Å². The minimum Gasteiger partial charge on any atom is -0.490 e. The van der Waals surface area contributed by atoms with Crippen molar-refractivity contribution in [2.45, 2.75) is 26.7 Å². The minimum absolute atomic E-state index is 0.232. The molecule has 0 aliphatic carbocycles. The third-order valence-corrected chi connectivity index (χ3v) is 6.13. The second kappa shape index (κ2) is 10.9. The lowest BCUT2D eigenvalue weighted by atomic mass is 10.1. The quantitative estimate of drug-likeness (QED) is 0.301. The van der Waals surface area contributed by atoms with E-state index in [0.29, 0.717) is 42.6 Å². The zero-order chi connectivity index (χ0) is 21.5. The summed E-state index contributed by atoms with van der Waals surface area (Å²) in [6, 6.07) is 13.6. The molecule has 2 aromatic rings. The summed E-state index contributed by atoms with van der Waals surface area (Å²) in [4.78, 5) is 26.9. The van der Waals surface area contributed by atoms with Crippen LogP contribution >= 0.6 is 34.4 Å². The van der Waals surface area contributed by atoms with Gasteiger partial charge in [-0.25, -0.2) is 0 Å². The highest BCUT2D eigenvalue weighted by Gasteiger charge is 2.34. The molecule has 2 aromatic carbocycles. The molecule has 0 N–H and O–H groups in total. The molecule has 1 aliphatic rings. The van der Waals surface area contributed by atoms with Crippen molar-refractivity contribution in [2.75, 3.05) is 19.8 Å². The summed E-state index contributed by atoms with van der Waals surface area (Å²) in [6.07, 6.45) is 3.29. The fraction of sp³-hybridized carbons (Fsp3) is 0.304. The van der Waals surface area contributed by atoms with Crippen LogP contribution in [-0.4, -0.2) is 35.8 Å². The first-order valence-electron chi connectivity index (χ1n) is 9.92. The lowest BCUT2D eigenvalue weighted by molar-refractivity contribution is -0.122. The number of halogens is 1. The van der Waals surface area contributed by atoms with Crippen LogP contribution in [-0.2, 0) is 11.2 Å². The number of amides is 2. The van der Waals surface area contributed by atoms with Crippen molar-refractivity contribution in [1.82, 2.24) is 4.90 Å². The Bertz CT molecular complexity index is 946. The fourth-order valence-electron chi connectivity index (χ4n) is 3.01. The van der Waals surface area contributed by atoms with E-state index in [4.69, 9.17) is 9.47 Å². The van der Waals surface area contributed by atoms with Gasteiger partial charge < -0.3 is 9.47 Å². The molecule has 0 unspecified atom stereocenters. The molecule has 0 saturated carbocycles. The van der Waals surface area contributed by atoms with Gasteiger partial charge in [-0.2, -0.15) is 0 Å². The van der Waals surface area contributed by atoms with E-state index < -0.39 is 0 Å². The number of hydrogen-bond donors (Lipinski definition) is 0. The molecule has 0 aromatic heterocycles. The molecule has 1 fully saturated rings. The molecular weight excluding hydrogens is 513 g/mol. The predicted octanol–water partition coefficient (Wildman–Crippen LogP) is 5.76. The van der Waals surface area contributed by atoms with Gasteiger partial charge in [0.2, 0.25) is 0 Å². The molecule has 5 nitrogen and oxygen atoms in total. The normalized spacial score (nSPS) is 15.2. The van der Waals surface area contributed by atoms with Gasteiger partial charge in [0, 0.05) is 6.54 Å². The number of thioether (sulfide) groups is 1. The zero-order valence-corrected chi connectivity index (χ0v) is 20.0. The van der Waals surface area contributed by atoms with Crippen LogP contribution in [0.15, 0.2) is 47.4 Å². The third kappa shape index (κ3) is 5.57. The molecule has 3 rings (SSSR count). The second-order valence-electron chi connectivity index (χ2n) is 6.68. The van der Waals surface area contributed by atoms with E-state index in [1.165, 1.54) is 4.90 Å². The van der Waals surface area contributed by atoms with Crippen molar-refractivity contribution in [3.05, 3.63) is 62.1 Å². The van der Waals surface area contributed by atoms with Crippen molar-refractivity contribution in [3.63, 3.8) is 0 Å². The highest BCUT2D eigenvalue weighted by atomic mass is 127. The molecule has 1 heterocycles. The maximum absolute atomic E-state index is 12.8. The Morgan fingerprint density at radius 2 is 1.87 bits per heavy atom. The number of benzene rings is 2. The van der Waals surface area contributed by atoms with Crippen LogP contribution in [0.3, 0.4) is 0 Å². The molecule has 1 aliphatic heterocycles. The van der Waals surface area contributed by atoms with Crippen LogP contribution in [0.4, 0.5) is 4.79 Å². The van der Waals surface area contributed by atoms with Crippen molar-refractivity contribution < 1.29 is 19.1 Å². The van der Waals surface area contributed by atoms with Crippen LogP contribution < -0.4 is 9.47 Å². The van der Waals surface area contributed by atoms with Crippen molar-refractivity contribution in [2.24, 2.45) is 0 Å². The Labute approximate surface area is 195 Å². The number of rotatable bonds is 9. The third-order valence-electron chi connectivity index (χ3n) is 4.42. The Kier molecular flexibility index (Phi) is 8.21. The van der Waals surface area contributed by atoms with E-state index in [1.54, 1.807) is 6.08 Å². The maximum Gasteiger partial charge on any atom is 0.293 e. The van der Waals surface area contributed by atoms with Gasteiger partial charge >= 0.3 is 0 Å². The summed E-state index contributed by atoms with van der Waals surface area (Å²) >= 11 is 3.19. The Morgan fingerprint density at radius 3 is 2.57 bits per heavy atom. The Morgan fingerprint density at radius 1 is 1.10 bits per heavy atom. The summed E-state index contributed by atoms with van der Waals surface area (Å²) in [6.45, 7) is 5.46. The average molecular weight is 537 g/mol. The lowest BCUT2D eigenvalue weighted by Crippen LogP contribution is -2.30. The Balaban J connectivity index is 1.79. The van der Waals surface area contributed by atoms with Gasteiger partial charge in [-0.15, -0.1) is 0 Å². The van der Waals surface area contributed by atoms with Gasteiger partial charge in [0.25, 0.3) is 11.1 Å². The molecule has 0 spiro atoms. The summed E-state index contributed by atoms with van der Waals surface area (Å²) in [5.41, 5.74) is 1.90. The lowest BCUT2D eigenvalue weighted by Gasteiger charge is -2.14. The van der Waals surface area contributed by atoms with Crippen LogP contribution in [0.2, 0.25) is 0 Å². The number of ether oxygens (including phenoxy) is 2. The average Bonchev–Trinajstić information content (AvgIpc) is 2.99. The van der Waals surface area contributed by atoms with E-state index in [9.17, 15) is 9.59 Å². The van der Waals surface area contributed by atoms with Gasteiger partial charge in [0.1, 0.15) is 0 Å². The number of carbonyl (C=O) groups is 2. The summed E-state index contributed by atoms with van der Waals surface area (Å²) in [5.74, 6) is 1.11. The topological polar surface area (TPSA) is 55.8 Å². The molecular formula is C23H24INO4S. The molecule has 1 saturated heterocycles. The second-order valence-corrected chi connectivity index (χ2v) is 8.84. The first-order chi connectivity index (χ1) is 14.5. The number of nitrogens with zero attached hydrogens (tertiary/aromatic N) is 1. The zero-order valence-electron chi connectivity index (χ0n) is 17.0. The van der Waals surface area contributed by atoms with Gasteiger partial charge in [-0.1, -0.05) is 37.3 Å². The van der Waals surface area contributed by atoms with E-state index in [1.807, 2.05) is 49.4 Å². The molecule has 0 radical (unpaired) electrons. The summed E-state index contributed by atoms with van der Waals surface area (Å²) < 4.78 is 12.5. The predicted molar refractivity (Wildman–Crippen MR) is 129 cm³/mol. The van der Waals surface area contributed by atoms with E-state index in [2.05, 4.69) is 29.5 Å². The van der Waals surface area contributed by atoms with E-state index in [-0.39, 0.29) is 11.1 Å². The highest BCUT2D eigenvalue weighted by Crippen LogP contribution is 2.37. The number of carbonyl (C=O) groups excluding carboxylic acids is 2. The smallest absolute Gasteiger partial charge is 0.293 e. The van der Waals surface area contributed by atoms with Crippen molar-refractivity contribution in [1.29, 1.82) is 0 Å². The van der Waals surface area contributed by atoms with Crippen LogP contribution in [0.1, 0.15) is 31.4 Å². The SMILES string of the molecule is CCCOc1c(I)cc(/C=C2\SC(=O)N(CCc3ccccc3)C2=O)cc1OCC. The minimum atomic E-state index is -0.250. The van der Waals surface area contributed by atoms with Gasteiger partial charge in [-0.3, -0.25) is 14.5 Å². The summed E-state index contributed by atoms with van der Waals surface area (Å²) in [5, 5.41) is -0.232. The molecule has 0 atom stereocenters. The van der Waals surface area contributed by atoms with Gasteiger partial charge in [0.15, 0.2) is 11.5 Å². The first kappa shape index (κ1) is 22.7. The highest BCUT2D eigenvalue weighted by molar-refractivity contribution is 14.1. The first-order valence-corrected chi connectivity index (χ1v) is 11.8. The molecule has 0 bridgehead atoms. The molecule has 7 heteroatoms. The maximum atomic E-state index is 12.8. The molecule has 2 amide bonds. The summed E-state index contributed by atoms with van der Waals surface area (Å²) in [7, 11) is 0. The largest absolute Gasteiger partial charge is 0.490 e. The van der Waals surface area contributed by atoms with Gasteiger partial charge in [0.05, 0.1) is 21.7 Å². The standard InChI is InChI=1S/C23H24INO4S/c1-3-12-29-21-18(24)13-17(14-19(21)28-4-2)15-20-22(26)25(23(27)30-20)11-10-16-8-6-5-7-9-16/h5-9,13-15H,3-4,10-12H2,1-2H3/b20-15-. The van der Waals surface area contributed by atoms with Crippen LogP contribution in [0, 0.1) is 3.57 Å². The Hall–Kier alpha value is -2.00. The van der Waals surface area contributed by atoms with Crippen molar-refractivity contribution in [3.8, 4) is 11.5 Å². The van der Waals surface area contributed by atoms with Crippen molar-refractivity contribution >= 4 is 51.6 Å². The molecule has 30 heavy (non-hydrogen) atoms. The number of imide groups is 1. The fourth-order valence-corrected chi connectivity index (χ4v) is 4.65. The molecule has 158 valence electrons. The van der Waals surface area contributed by atoms with E-state index in [0.717, 1.165) is 32.9 Å².